The Balaban J connectivity index is 2.19. The predicted molar refractivity (Wildman–Crippen MR) is 81.9 cm³/mol. The predicted octanol–water partition coefficient (Wildman–Crippen LogP) is 4.01. The molecule has 0 fully saturated rings. The van der Waals surface area contributed by atoms with Gasteiger partial charge in [-0.25, -0.2) is 0 Å². The van der Waals surface area contributed by atoms with Crippen LogP contribution in [0, 0.1) is 0 Å². The molecule has 0 radical (unpaired) electrons. The molecule has 0 saturated heterocycles. The van der Waals surface area contributed by atoms with Crippen LogP contribution < -0.4 is 4.74 Å². The lowest BCUT2D eigenvalue weighted by atomic mass is 9.94. The molecule has 0 unspecified atom stereocenters. The minimum absolute atomic E-state index is 0.0305. The SMILES string of the molecule is COc1ccc(-c2ccc3ccccc3c2CO)cc1. The van der Waals surface area contributed by atoms with Crippen LogP contribution in [0.5, 0.6) is 5.75 Å². The number of rotatable bonds is 3. The minimum atomic E-state index is 0.0305. The first-order valence-corrected chi connectivity index (χ1v) is 6.59. The van der Waals surface area contributed by atoms with E-state index in [2.05, 4.69) is 18.2 Å². The van der Waals surface area contributed by atoms with E-state index in [1.807, 2.05) is 42.5 Å². The smallest absolute Gasteiger partial charge is 0.118 e. The lowest BCUT2D eigenvalue weighted by Crippen LogP contribution is -1.92. The largest absolute Gasteiger partial charge is 0.497 e. The Hall–Kier alpha value is -2.32. The van der Waals surface area contributed by atoms with Crippen LogP contribution in [0.1, 0.15) is 5.56 Å². The summed E-state index contributed by atoms with van der Waals surface area (Å²) < 4.78 is 5.18. The van der Waals surface area contributed by atoms with Crippen molar-refractivity contribution in [2.24, 2.45) is 0 Å². The maximum absolute atomic E-state index is 9.75. The molecular formula is C18H16O2. The van der Waals surface area contributed by atoms with Crippen LogP contribution in [0.2, 0.25) is 0 Å². The summed E-state index contributed by atoms with van der Waals surface area (Å²) in [5, 5.41) is 12.0. The van der Waals surface area contributed by atoms with Gasteiger partial charge in [-0.3, -0.25) is 0 Å². The Morgan fingerprint density at radius 3 is 2.35 bits per heavy atom. The normalized spacial score (nSPS) is 10.7. The standard InChI is InChI=1S/C18H16O2/c1-20-15-9-6-14(7-10-15)17-11-8-13-4-2-3-5-16(13)18(17)12-19/h2-11,19H,12H2,1H3. The summed E-state index contributed by atoms with van der Waals surface area (Å²) in [6, 6.07) is 20.2. The lowest BCUT2D eigenvalue weighted by Gasteiger charge is -2.12. The monoisotopic (exact) mass is 264 g/mol. The number of hydrogen-bond acceptors (Lipinski definition) is 2. The first-order valence-electron chi connectivity index (χ1n) is 6.59. The molecule has 2 heteroatoms. The van der Waals surface area contributed by atoms with E-state index in [0.29, 0.717) is 0 Å². The molecule has 3 rings (SSSR count). The molecule has 2 nitrogen and oxygen atoms in total. The van der Waals surface area contributed by atoms with Crippen molar-refractivity contribution in [1.29, 1.82) is 0 Å². The fraction of sp³-hybridized carbons (Fsp3) is 0.111. The van der Waals surface area contributed by atoms with Crippen molar-refractivity contribution in [3.8, 4) is 16.9 Å². The fourth-order valence-corrected chi connectivity index (χ4v) is 2.55. The van der Waals surface area contributed by atoms with Crippen LogP contribution in [0.3, 0.4) is 0 Å². The maximum atomic E-state index is 9.75. The number of hydrogen-bond donors (Lipinski definition) is 1. The van der Waals surface area contributed by atoms with E-state index < -0.39 is 0 Å². The van der Waals surface area contributed by atoms with Crippen molar-refractivity contribution >= 4 is 10.8 Å². The molecule has 0 bridgehead atoms. The first-order chi connectivity index (χ1) is 9.83. The summed E-state index contributed by atoms with van der Waals surface area (Å²) in [4.78, 5) is 0. The van der Waals surface area contributed by atoms with Crippen molar-refractivity contribution < 1.29 is 9.84 Å². The van der Waals surface area contributed by atoms with E-state index in [4.69, 9.17) is 4.74 Å². The van der Waals surface area contributed by atoms with Gasteiger partial charge < -0.3 is 9.84 Å². The van der Waals surface area contributed by atoms with Crippen LogP contribution in [-0.2, 0) is 6.61 Å². The summed E-state index contributed by atoms with van der Waals surface area (Å²) in [7, 11) is 1.66. The molecule has 0 atom stereocenters. The molecule has 0 heterocycles. The van der Waals surface area contributed by atoms with Gasteiger partial charge in [-0.15, -0.1) is 0 Å². The fourth-order valence-electron chi connectivity index (χ4n) is 2.55. The van der Waals surface area contributed by atoms with Gasteiger partial charge in [0.25, 0.3) is 0 Å². The Kier molecular flexibility index (Phi) is 3.40. The highest BCUT2D eigenvalue weighted by molar-refractivity contribution is 5.91. The molecule has 100 valence electrons. The number of ether oxygens (including phenoxy) is 1. The molecule has 0 amide bonds. The average molecular weight is 264 g/mol. The van der Waals surface area contributed by atoms with Crippen LogP contribution in [0.4, 0.5) is 0 Å². The van der Waals surface area contributed by atoms with Crippen LogP contribution >= 0.6 is 0 Å². The van der Waals surface area contributed by atoms with Crippen LogP contribution in [0.15, 0.2) is 60.7 Å². The van der Waals surface area contributed by atoms with Crippen molar-refractivity contribution in [3.05, 3.63) is 66.2 Å². The first kappa shape index (κ1) is 12.7. The van der Waals surface area contributed by atoms with Gasteiger partial charge in [0, 0.05) is 0 Å². The van der Waals surface area contributed by atoms with Crippen molar-refractivity contribution in [2.75, 3.05) is 7.11 Å². The Morgan fingerprint density at radius 2 is 1.65 bits per heavy atom. The molecule has 0 aliphatic heterocycles. The van der Waals surface area contributed by atoms with Crippen molar-refractivity contribution in [2.45, 2.75) is 6.61 Å². The van der Waals surface area contributed by atoms with E-state index in [1.165, 1.54) is 0 Å². The van der Waals surface area contributed by atoms with E-state index in [1.54, 1.807) is 7.11 Å². The molecule has 0 aromatic heterocycles. The zero-order valence-corrected chi connectivity index (χ0v) is 11.3. The Bertz CT molecular complexity index is 730. The van der Waals surface area contributed by atoms with E-state index in [0.717, 1.165) is 33.2 Å². The third-order valence-electron chi connectivity index (χ3n) is 3.60. The highest BCUT2D eigenvalue weighted by Crippen LogP contribution is 2.31. The number of benzene rings is 3. The van der Waals surface area contributed by atoms with E-state index in [9.17, 15) is 5.11 Å². The molecule has 1 N–H and O–H groups in total. The average Bonchev–Trinajstić information content (AvgIpc) is 2.54. The Labute approximate surface area is 118 Å². The van der Waals surface area contributed by atoms with Crippen molar-refractivity contribution in [1.82, 2.24) is 0 Å². The summed E-state index contributed by atoms with van der Waals surface area (Å²) in [5.41, 5.74) is 3.11. The summed E-state index contributed by atoms with van der Waals surface area (Å²) in [5.74, 6) is 0.833. The van der Waals surface area contributed by atoms with E-state index in [-0.39, 0.29) is 6.61 Å². The third-order valence-corrected chi connectivity index (χ3v) is 3.60. The third kappa shape index (κ3) is 2.15. The maximum Gasteiger partial charge on any atom is 0.118 e. The second-order valence-corrected chi connectivity index (χ2v) is 4.70. The summed E-state index contributed by atoms with van der Waals surface area (Å²) in [6.07, 6.45) is 0. The van der Waals surface area contributed by atoms with Gasteiger partial charge in [-0.1, -0.05) is 48.5 Å². The second-order valence-electron chi connectivity index (χ2n) is 4.70. The van der Waals surface area contributed by atoms with E-state index >= 15 is 0 Å². The van der Waals surface area contributed by atoms with Gasteiger partial charge in [0.15, 0.2) is 0 Å². The topological polar surface area (TPSA) is 29.5 Å². The highest BCUT2D eigenvalue weighted by atomic mass is 16.5. The zero-order valence-electron chi connectivity index (χ0n) is 11.3. The van der Waals surface area contributed by atoms with Crippen LogP contribution in [0.25, 0.3) is 21.9 Å². The quantitative estimate of drug-likeness (QED) is 0.774. The second kappa shape index (κ2) is 5.35. The minimum Gasteiger partial charge on any atom is -0.497 e. The molecular weight excluding hydrogens is 248 g/mol. The molecule has 20 heavy (non-hydrogen) atoms. The number of aliphatic hydroxyl groups excluding tert-OH is 1. The molecule has 0 spiro atoms. The van der Waals surface area contributed by atoms with Gasteiger partial charge in [0.05, 0.1) is 13.7 Å². The molecule has 0 saturated carbocycles. The van der Waals surface area contributed by atoms with Crippen molar-refractivity contribution in [3.63, 3.8) is 0 Å². The molecule has 3 aromatic rings. The Morgan fingerprint density at radius 1 is 0.900 bits per heavy atom. The van der Waals surface area contributed by atoms with Crippen LogP contribution in [-0.4, -0.2) is 12.2 Å². The zero-order chi connectivity index (χ0) is 13.9. The highest BCUT2D eigenvalue weighted by Gasteiger charge is 2.08. The van der Waals surface area contributed by atoms with Gasteiger partial charge in [0.2, 0.25) is 0 Å². The summed E-state index contributed by atoms with van der Waals surface area (Å²) in [6.45, 7) is 0.0305. The number of aliphatic hydroxyl groups is 1. The van der Waals surface area contributed by atoms with Gasteiger partial charge in [-0.05, 0) is 39.6 Å². The molecule has 3 aromatic carbocycles. The van der Waals surface area contributed by atoms with Gasteiger partial charge in [-0.2, -0.15) is 0 Å². The van der Waals surface area contributed by atoms with Gasteiger partial charge in [0.1, 0.15) is 5.75 Å². The summed E-state index contributed by atoms with van der Waals surface area (Å²) >= 11 is 0. The number of methoxy groups -OCH3 is 1. The lowest BCUT2D eigenvalue weighted by molar-refractivity contribution is 0.284. The molecule has 0 aliphatic rings. The number of fused-ring (bicyclic) bond motifs is 1. The molecule has 0 aliphatic carbocycles. The van der Waals surface area contributed by atoms with Gasteiger partial charge >= 0.3 is 0 Å².